The van der Waals surface area contributed by atoms with Gasteiger partial charge in [0.05, 0.1) is 12.3 Å². The normalized spacial score (nSPS) is 10.8. The van der Waals surface area contributed by atoms with Crippen LogP contribution in [-0.2, 0) is 33.0 Å². The number of aliphatic hydroxyl groups is 1. The van der Waals surface area contributed by atoms with Crippen molar-refractivity contribution in [1.29, 1.82) is 0 Å². The van der Waals surface area contributed by atoms with Crippen molar-refractivity contribution in [1.82, 2.24) is 9.78 Å². The van der Waals surface area contributed by atoms with Gasteiger partial charge in [-0.1, -0.05) is 26.0 Å². The molecule has 4 nitrogen and oxygen atoms in total. The molecule has 0 saturated heterocycles. The van der Waals surface area contributed by atoms with Crippen LogP contribution in [-0.4, -0.2) is 14.9 Å². The Labute approximate surface area is 120 Å². The van der Waals surface area contributed by atoms with Gasteiger partial charge in [0.1, 0.15) is 0 Å². The third-order valence-corrected chi connectivity index (χ3v) is 3.61. The molecule has 0 amide bonds. The van der Waals surface area contributed by atoms with Crippen LogP contribution in [0.4, 0.5) is 5.69 Å². The van der Waals surface area contributed by atoms with Crippen molar-refractivity contribution < 1.29 is 5.11 Å². The summed E-state index contributed by atoms with van der Waals surface area (Å²) in [5.74, 6) is 0. The van der Waals surface area contributed by atoms with Crippen molar-refractivity contribution in [2.45, 2.75) is 39.8 Å². The predicted octanol–water partition coefficient (Wildman–Crippen LogP) is 2.65. The van der Waals surface area contributed by atoms with Crippen molar-refractivity contribution in [2.24, 2.45) is 7.05 Å². The molecular weight excluding hydrogens is 250 g/mol. The molecule has 0 atom stereocenters. The van der Waals surface area contributed by atoms with E-state index in [0.29, 0.717) is 0 Å². The summed E-state index contributed by atoms with van der Waals surface area (Å²) in [5, 5.41) is 17.2. The van der Waals surface area contributed by atoms with Gasteiger partial charge in [0.15, 0.2) is 0 Å². The fourth-order valence-corrected chi connectivity index (χ4v) is 2.56. The number of hydrogen-bond donors (Lipinski definition) is 2. The lowest BCUT2D eigenvalue weighted by Gasteiger charge is -2.09. The molecular formula is C16H23N3O. The van der Waals surface area contributed by atoms with Gasteiger partial charge in [-0.15, -0.1) is 0 Å². The van der Waals surface area contributed by atoms with E-state index >= 15 is 0 Å². The highest BCUT2D eigenvalue weighted by Gasteiger charge is 2.13. The molecule has 108 valence electrons. The smallest absolute Gasteiger partial charge is 0.0682 e. The average molecular weight is 273 g/mol. The topological polar surface area (TPSA) is 50.1 Å². The van der Waals surface area contributed by atoms with Crippen LogP contribution in [0.5, 0.6) is 0 Å². The first-order valence-electron chi connectivity index (χ1n) is 7.16. The molecule has 2 N–H and O–H groups in total. The lowest BCUT2D eigenvalue weighted by Crippen LogP contribution is -2.05. The van der Waals surface area contributed by atoms with Crippen molar-refractivity contribution in [3.63, 3.8) is 0 Å². The first kappa shape index (κ1) is 14.6. The van der Waals surface area contributed by atoms with Crippen LogP contribution in [0.1, 0.15) is 36.4 Å². The van der Waals surface area contributed by atoms with Gasteiger partial charge in [0, 0.05) is 30.5 Å². The van der Waals surface area contributed by atoms with E-state index in [1.807, 2.05) is 36.0 Å². The zero-order chi connectivity index (χ0) is 14.5. The molecule has 20 heavy (non-hydrogen) atoms. The van der Waals surface area contributed by atoms with Gasteiger partial charge in [0.25, 0.3) is 0 Å². The van der Waals surface area contributed by atoms with Crippen LogP contribution < -0.4 is 5.32 Å². The van der Waals surface area contributed by atoms with E-state index in [2.05, 4.69) is 24.3 Å². The standard InChI is InChI=1S/C16H23N3O/c1-4-15-14(16(5-2)19(3)18-15)10-17-13-8-6-7-12(9-13)11-20/h6-9,17,20H,4-5,10-11H2,1-3H3. The largest absolute Gasteiger partial charge is 0.392 e. The Morgan fingerprint density at radius 1 is 1.25 bits per heavy atom. The van der Waals surface area contributed by atoms with Crippen molar-refractivity contribution >= 4 is 5.69 Å². The molecule has 0 unspecified atom stereocenters. The number of rotatable bonds is 6. The summed E-state index contributed by atoms with van der Waals surface area (Å²) in [6.45, 7) is 5.14. The molecule has 2 aromatic rings. The van der Waals surface area contributed by atoms with Gasteiger partial charge in [0.2, 0.25) is 0 Å². The average Bonchev–Trinajstić information content (AvgIpc) is 2.80. The Kier molecular flexibility index (Phi) is 4.79. The minimum atomic E-state index is 0.0723. The molecule has 0 fully saturated rings. The van der Waals surface area contributed by atoms with E-state index in [9.17, 15) is 5.11 Å². The summed E-state index contributed by atoms with van der Waals surface area (Å²) < 4.78 is 1.99. The molecule has 1 aromatic heterocycles. The monoisotopic (exact) mass is 273 g/mol. The summed E-state index contributed by atoms with van der Waals surface area (Å²) in [5.41, 5.74) is 5.70. The summed E-state index contributed by atoms with van der Waals surface area (Å²) in [6, 6.07) is 7.88. The fraction of sp³-hybridized carbons (Fsp3) is 0.438. The second-order valence-electron chi connectivity index (χ2n) is 4.91. The van der Waals surface area contributed by atoms with Crippen molar-refractivity contribution in [3.8, 4) is 0 Å². The molecule has 2 rings (SSSR count). The molecule has 0 spiro atoms. The number of nitrogens with one attached hydrogen (secondary N) is 1. The zero-order valence-corrected chi connectivity index (χ0v) is 12.5. The minimum Gasteiger partial charge on any atom is -0.392 e. The van der Waals surface area contributed by atoms with E-state index in [4.69, 9.17) is 0 Å². The van der Waals surface area contributed by atoms with Gasteiger partial charge >= 0.3 is 0 Å². The number of aromatic nitrogens is 2. The molecule has 0 saturated carbocycles. The molecule has 1 aromatic carbocycles. The minimum absolute atomic E-state index is 0.0723. The van der Waals surface area contributed by atoms with Gasteiger partial charge in [-0.05, 0) is 30.5 Å². The second-order valence-corrected chi connectivity index (χ2v) is 4.91. The number of anilines is 1. The van der Waals surface area contributed by atoms with Gasteiger partial charge < -0.3 is 10.4 Å². The van der Waals surface area contributed by atoms with Gasteiger partial charge in [-0.25, -0.2) is 0 Å². The first-order valence-corrected chi connectivity index (χ1v) is 7.16. The van der Waals surface area contributed by atoms with Crippen LogP contribution in [0.15, 0.2) is 24.3 Å². The number of benzene rings is 1. The lowest BCUT2D eigenvalue weighted by atomic mass is 10.1. The number of nitrogens with zero attached hydrogens (tertiary/aromatic N) is 2. The highest BCUT2D eigenvalue weighted by molar-refractivity contribution is 5.46. The highest BCUT2D eigenvalue weighted by Crippen LogP contribution is 2.18. The fourth-order valence-electron chi connectivity index (χ4n) is 2.56. The third kappa shape index (κ3) is 3.02. The molecule has 0 radical (unpaired) electrons. The Morgan fingerprint density at radius 3 is 2.70 bits per heavy atom. The van der Waals surface area contributed by atoms with Gasteiger partial charge in [-0.2, -0.15) is 5.10 Å². The number of aryl methyl sites for hydroxylation is 2. The zero-order valence-electron chi connectivity index (χ0n) is 12.5. The van der Waals surface area contributed by atoms with Crippen LogP contribution >= 0.6 is 0 Å². The maximum Gasteiger partial charge on any atom is 0.0682 e. The summed E-state index contributed by atoms with van der Waals surface area (Å²) in [6.07, 6.45) is 1.93. The molecule has 0 aliphatic rings. The summed E-state index contributed by atoms with van der Waals surface area (Å²) in [7, 11) is 2.01. The van der Waals surface area contributed by atoms with E-state index in [1.54, 1.807) is 0 Å². The third-order valence-electron chi connectivity index (χ3n) is 3.61. The predicted molar refractivity (Wildman–Crippen MR) is 81.7 cm³/mol. The van der Waals surface area contributed by atoms with E-state index in [0.717, 1.165) is 36.3 Å². The van der Waals surface area contributed by atoms with Crippen LogP contribution in [0.25, 0.3) is 0 Å². The Bertz CT molecular complexity index is 575. The van der Waals surface area contributed by atoms with Crippen LogP contribution in [0.3, 0.4) is 0 Å². The maximum atomic E-state index is 9.17. The Balaban J connectivity index is 2.17. The van der Waals surface area contributed by atoms with Crippen molar-refractivity contribution in [3.05, 3.63) is 46.8 Å². The molecule has 1 heterocycles. The molecule has 0 aliphatic heterocycles. The highest BCUT2D eigenvalue weighted by atomic mass is 16.3. The van der Waals surface area contributed by atoms with Crippen LogP contribution in [0.2, 0.25) is 0 Å². The SMILES string of the molecule is CCc1nn(C)c(CC)c1CNc1cccc(CO)c1. The summed E-state index contributed by atoms with van der Waals surface area (Å²) in [4.78, 5) is 0. The summed E-state index contributed by atoms with van der Waals surface area (Å²) >= 11 is 0. The molecule has 0 aliphatic carbocycles. The Morgan fingerprint density at radius 2 is 2.05 bits per heavy atom. The molecule has 4 heteroatoms. The maximum absolute atomic E-state index is 9.17. The first-order chi connectivity index (χ1) is 9.69. The number of aliphatic hydroxyl groups excluding tert-OH is 1. The Hall–Kier alpha value is -1.81. The van der Waals surface area contributed by atoms with Crippen LogP contribution in [0, 0.1) is 0 Å². The van der Waals surface area contributed by atoms with E-state index < -0.39 is 0 Å². The molecule has 0 bridgehead atoms. The number of hydrogen-bond acceptors (Lipinski definition) is 3. The van der Waals surface area contributed by atoms with E-state index in [-0.39, 0.29) is 6.61 Å². The van der Waals surface area contributed by atoms with Gasteiger partial charge in [-0.3, -0.25) is 4.68 Å². The quantitative estimate of drug-likeness (QED) is 0.850. The second kappa shape index (κ2) is 6.57. The van der Waals surface area contributed by atoms with E-state index in [1.165, 1.54) is 11.3 Å². The van der Waals surface area contributed by atoms with Crippen molar-refractivity contribution in [2.75, 3.05) is 5.32 Å². The lowest BCUT2D eigenvalue weighted by molar-refractivity contribution is 0.282.